The fraction of sp³-hybridized carbons (Fsp3) is 0.217. The van der Waals surface area contributed by atoms with Crippen molar-refractivity contribution in [3.8, 4) is 22.6 Å². The van der Waals surface area contributed by atoms with Crippen LogP contribution >= 0.6 is 11.8 Å². The second kappa shape index (κ2) is 9.01. The Bertz CT molecular complexity index is 1040. The van der Waals surface area contributed by atoms with Gasteiger partial charge in [-0.05, 0) is 30.0 Å². The van der Waals surface area contributed by atoms with Gasteiger partial charge < -0.3 is 4.52 Å². The van der Waals surface area contributed by atoms with Gasteiger partial charge in [0.05, 0.1) is 11.4 Å². The van der Waals surface area contributed by atoms with E-state index >= 15 is 0 Å². The highest BCUT2D eigenvalue weighted by Gasteiger charge is 2.10. The smallest absolute Gasteiger partial charge is 0.237 e. The third-order valence-electron chi connectivity index (χ3n) is 4.38. The van der Waals surface area contributed by atoms with Gasteiger partial charge in [0.1, 0.15) is 5.03 Å². The van der Waals surface area contributed by atoms with Gasteiger partial charge >= 0.3 is 0 Å². The minimum Gasteiger partial charge on any atom is -0.338 e. The van der Waals surface area contributed by atoms with Gasteiger partial charge in [0.15, 0.2) is 0 Å². The first-order valence-corrected chi connectivity index (χ1v) is 10.6. The lowest BCUT2D eigenvalue weighted by Gasteiger charge is -2.06. The van der Waals surface area contributed by atoms with Crippen molar-refractivity contribution in [2.75, 3.05) is 0 Å². The molecule has 0 unspecified atom stereocenters. The Kier molecular flexibility index (Phi) is 6.00. The molecule has 0 aliphatic heterocycles. The summed E-state index contributed by atoms with van der Waals surface area (Å²) in [4.78, 5) is 4.44. The Morgan fingerprint density at radius 3 is 2.34 bits per heavy atom. The number of aromatic nitrogens is 4. The molecule has 2 heterocycles. The van der Waals surface area contributed by atoms with E-state index in [0.717, 1.165) is 28.3 Å². The maximum Gasteiger partial charge on any atom is 0.237 e. The summed E-state index contributed by atoms with van der Waals surface area (Å²) in [6, 6.07) is 22.3. The van der Waals surface area contributed by atoms with Gasteiger partial charge in [-0.1, -0.05) is 85.4 Å². The van der Waals surface area contributed by atoms with E-state index in [1.807, 2.05) is 42.5 Å². The van der Waals surface area contributed by atoms with E-state index in [4.69, 9.17) is 4.52 Å². The second-order valence-electron chi connectivity index (χ2n) is 7.22. The molecule has 0 bridgehead atoms. The monoisotopic (exact) mass is 402 g/mol. The van der Waals surface area contributed by atoms with Crippen LogP contribution in [0.15, 0.2) is 76.3 Å². The van der Waals surface area contributed by atoms with Crippen molar-refractivity contribution in [2.24, 2.45) is 5.92 Å². The number of thioether (sulfide) groups is 1. The fourth-order valence-electron chi connectivity index (χ4n) is 2.99. The van der Waals surface area contributed by atoms with Crippen molar-refractivity contribution in [3.63, 3.8) is 0 Å². The Balaban J connectivity index is 1.37. The lowest BCUT2D eigenvalue weighted by molar-refractivity contribution is 0.391. The van der Waals surface area contributed by atoms with Crippen molar-refractivity contribution >= 4 is 11.8 Å². The molecular formula is C23H22N4OS. The van der Waals surface area contributed by atoms with Crippen molar-refractivity contribution < 1.29 is 4.52 Å². The van der Waals surface area contributed by atoms with E-state index in [0.29, 0.717) is 23.4 Å². The summed E-state index contributed by atoms with van der Waals surface area (Å²) in [6.45, 7) is 4.46. The summed E-state index contributed by atoms with van der Waals surface area (Å²) in [7, 11) is 0. The Labute approximate surface area is 174 Å². The summed E-state index contributed by atoms with van der Waals surface area (Å²) in [5.74, 6) is 2.38. The highest BCUT2D eigenvalue weighted by Crippen LogP contribution is 2.24. The van der Waals surface area contributed by atoms with Gasteiger partial charge in [-0.3, -0.25) is 0 Å². The summed E-state index contributed by atoms with van der Waals surface area (Å²) < 4.78 is 5.34. The summed E-state index contributed by atoms with van der Waals surface area (Å²) >= 11 is 1.53. The van der Waals surface area contributed by atoms with Gasteiger partial charge in [-0.2, -0.15) is 4.98 Å². The molecule has 0 fully saturated rings. The highest BCUT2D eigenvalue weighted by atomic mass is 32.2. The van der Waals surface area contributed by atoms with Gasteiger partial charge in [0.25, 0.3) is 0 Å². The molecule has 0 saturated heterocycles. The van der Waals surface area contributed by atoms with Crippen LogP contribution in [-0.4, -0.2) is 20.3 Å². The lowest BCUT2D eigenvalue weighted by Crippen LogP contribution is -1.94. The first-order chi connectivity index (χ1) is 14.2. The van der Waals surface area contributed by atoms with E-state index in [1.54, 1.807) is 0 Å². The third kappa shape index (κ3) is 5.09. The number of benzene rings is 2. The average Bonchev–Trinajstić information content (AvgIpc) is 3.23. The normalized spacial score (nSPS) is 11.1. The van der Waals surface area contributed by atoms with Crippen LogP contribution in [0, 0.1) is 5.92 Å². The minimum absolute atomic E-state index is 0.553. The predicted molar refractivity (Wildman–Crippen MR) is 115 cm³/mol. The molecule has 0 spiro atoms. The Hall–Kier alpha value is -2.99. The van der Waals surface area contributed by atoms with E-state index < -0.39 is 0 Å². The molecule has 0 N–H and O–H groups in total. The molecule has 146 valence electrons. The molecule has 2 aromatic heterocycles. The van der Waals surface area contributed by atoms with Gasteiger partial charge in [0, 0.05) is 11.1 Å². The number of rotatable bonds is 7. The molecule has 0 atom stereocenters. The SMILES string of the molecule is CC(C)Cc1ccc(-c2ccc(SCc3nc(-c4ccccc4)no3)nn2)cc1. The van der Waals surface area contributed by atoms with E-state index in [2.05, 4.69) is 58.5 Å². The molecule has 5 nitrogen and oxygen atoms in total. The number of nitrogens with zero attached hydrogens (tertiary/aromatic N) is 4. The van der Waals surface area contributed by atoms with Crippen LogP contribution < -0.4 is 0 Å². The Morgan fingerprint density at radius 1 is 0.862 bits per heavy atom. The van der Waals surface area contributed by atoms with Crippen LogP contribution in [0.25, 0.3) is 22.6 Å². The van der Waals surface area contributed by atoms with Gasteiger partial charge in [0.2, 0.25) is 11.7 Å². The zero-order chi connectivity index (χ0) is 20.1. The van der Waals surface area contributed by atoms with Crippen LogP contribution in [0.4, 0.5) is 0 Å². The molecule has 0 saturated carbocycles. The van der Waals surface area contributed by atoms with Crippen LogP contribution in [-0.2, 0) is 12.2 Å². The quantitative estimate of drug-likeness (QED) is 0.370. The van der Waals surface area contributed by atoms with Gasteiger partial charge in [-0.15, -0.1) is 10.2 Å². The van der Waals surface area contributed by atoms with Crippen molar-refractivity contribution in [1.29, 1.82) is 0 Å². The molecule has 0 radical (unpaired) electrons. The largest absolute Gasteiger partial charge is 0.338 e. The molecular weight excluding hydrogens is 380 g/mol. The first kappa shape index (κ1) is 19.3. The Morgan fingerprint density at radius 2 is 1.66 bits per heavy atom. The number of hydrogen-bond donors (Lipinski definition) is 0. The van der Waals surface area contributed by atoms with E-state index in [-0.39, 0.29) is 0 Å². The third-order valence-corrected chi connectivity index (χ3v) is 5.28. The number of hydrogen-bond acceptors (Lipinski definition) is 6. The van der Waals surface area contributed by atoms with Crippen LogP contribution in [0.3, 0.4) is 0 Å². The van der Waals surface area contributed by atoms with Crippen LogP contribution in [0.1, 0.15) is 25.3 Å². The van der Waals surface area contributed by atoms with Crippen LogP contribution in [0.2, 0.25) is 0 Å². The summed E-state index contributed by atoms with van der Waals surface area (Å²) in [5.41, 5.74) is 4.23. The molecule has 4 rings (SSSR count). The zero-order valence-corrected chi connectivity index (χ0v) is 17.3. The molecule has 4 aromatic rings. The minimum atomic E-state index is 0.553. The molecule has 0 amide bonds. The molecule has 6 heteroatoms. The van der Waals surface area contributed by atoms with E-state index in [1.165, 1.54) is 17.3 Å². The predicted octanol–water partition coefficient (Wildman–Crippen LogP) is 5.68. The fourth-order valence-corrected chi connectivity index (χ4v) is 3.64. The lowest BCUT2D eigenvalue weighted by atomic mass is 10.0. The van der Waals surface area contributed by atoms with Gasteiger partial charge in [-0.25, -0.2) is 0 Å². The standard InChI is InChI=1S/C23H22N4OS/c1-16(2)14-17-8-10-18(11-9-17)20-12-13-22(26-25-20)29-15-21-24-23(27-28-21)19-6-4-3-5-7-19/h3-13,16H,14-15H2,1-2H3. The first-order valence-electron chi connectivity index (χ1n) is 9.61. The highest BCUT2D eigenvalue weighted by molar-refractivity contribution is 7.98. The molecule has 0 aliphatic carbocycles. The molecule has 2 aromatic carbocycles. The zero-order valence-electron chi connectivity index (χ0n) is 16.4. The topological polar surface area (TPSA) is 64.7 Å². The van der Waals surface area contributed by atoms with Crippen molar-refractivity contribution in [2.45, 2.75) is 31.0 Å². The van der Waals surface area contributed by atoms with E-state index in [9.17, 15) is 0 Å². The summed E-state index contributed by atoms with van der Waals surface area (Å²) in [6.07, 6.45) is 1.09. The maximum absolute atomic E-state index is 5.34. The average molecular weight is 403 g/mol. The molecule has 29 heavy (non-hydrogen) atoms. The molecule has 0 aliphatic rings. The second-order valence-corrected chi connectivity index (χ2v) is 8.21. The summed E-state index contributed by atoms with van der Waals surface area (Å²) in [5, 5.41) is 13.6. The maximum atomic E-state index is 5.34. The van der Waals surface area contributed by atoms with Crippen LogP contribution in [0.5, 0.6) is 0 Å². The van der Waals surface area contributed by atoms with Crippen molar-refractivity contribution in [1.82, 2.24) is 20.3 Å². The van der Waals surface area contributed by atoms with Crippen molar-refractivity contribution in [3.05, 3.63) is 78.2 Å².